The van der Waals surface area contributed by atoms with Gasteiger partial charge in [0.15, 0.2) is 6.20 Å². The Kier molecular flexibility index (Phi) is 1.34. The zero-order valence-electron chi connectivity index (χ0n) is 5.11. The van der Waals surface area contributed by atoms with Gasteiger partial charge in [-0.25, -0.2) is 0 Å². The summed E-state index contributed by atoms with van der Waals surface area (Å²) in [6, 6.07) is 1.58. The van der Waals surface area contributed by atoms with Crippen LogP contribution in [0.3, 0.4) is 0 Å². The average Bonchev–Trinajstić information content (AvgIpc) is 1.80. The van der Waals surface area contributed by atoms with Gasteiger partial charge in [0, 0.05) is 0 Å². The van der Waals surface area contributed by atoms with Gasteiger partial charge in [-0.15, -0.1) is 4.39 Å². The lowest BCUT2D eigenvalue weighted by atomic mass is 10.3. The van der Waals surface area contributed by atoms with E-state index >= 15 is 0 Å². The molecule has 0 fully saturated rings. The summed E-state index contributed by atoms with van der Waals surface area (Å²) in [6.45, 7) is 1.65. The maximum Gasteiger partial charge on any atom is 0.360 e. The van der Waals surface area contributed by atoms with Gasteiger partial charge in [0.2, 0.25) is 0 Å². The van der Waals surface area contributed by atoms with E-state index in [2.05, 4.69) is 4.98 Å². The fourth-order valence-electron chi connectivity index (χ4n) is 0.616. The summed E-state index contributed by atoms with van der Waals surface area (Å²) in [4.78, 5) is 2.38. The highest BCUT2D eigenvalue weighted by Crippen LogP contribution is 2.02. The molecule has 0 bridgehead atoms. The molecule has 0 saturated carbocycles. The van der Waals surface area contributed by atoms with Crippen LogP contribution in [0.4, 0.5) is 10.1 Å². The molecular formula is C6H8FN2+. The summed E-state index contributed by atoms with van der Waals surface area (Å²) in [5.74, 6) is -0.329. The van der Waals surface area contributed by atoms with Crippen LogP contribution in [-0.2, 0) is 0 Å². The van der Waals surface area contributed by atoms with E-state index in [1.165, 1.54) is 6.20 Å². The van der Waals surface area contributed by atoms with Gasteiger partial charge in [-0.1, -0.05) is 0 Å². The lowest BCUT2D eigenvalue weighted by molar-refractivity contribution is -0.421. The van der Waals surface area contributed by atoms with Crippen molar-refractivity contribution in [1.82, 2.24) is 0 Å². The maximum absolute atomic E-state index is 12.4. The number of hydrogen-bond donors (Lipinski definition) is 1. The normalized spacial score (nSPS) is 9.56. The van der Waals surface area contributed by atoms with Crippen molar-refractivity contribution in [2.45, 2.75) is 6.92 Å². The lowest BCUT2D eigenvalue weighted by Crippen LogP contribution is -2.10. The van der Waals surface area contributed by atoms with E-state index < -0.39 is 0 Å². The van der Waals surface area contributed by atoms with Crippen molar-refractivity contribution < 1.29 is 9.37 Å². The molecule has 0 aromatic carbocycles. The topological polar surface area (TPSA) is 40.2 Å². The Balaban J connectivity index is 3.17. The standard InChI is InChI=1S/C6H7FN2/c1-4-2-5(8)3-9-6(4)7/h2-3H,8H2,1H3/p+1. The first-order valence-corrected chi connectivity index (χ1v) is 2.63. The fraction of sp³-hybridized carbons (Fsp3) is 0.167. The summed E-state index contributed by atoms with van der Waals surface area (Å²) in [7, 11) is 0. The van der Waals surface area contributed by atoms with E-state index in [4.69, 9.17) is 5.73 Å². The molecule has 9 heavy (non-hydrogen) atoms. The largest absolute Gasteiger partial charge is 0.394 e. The van der Waals surface area contributed by atoms with Gasteiger partial charge in [-0.3, -0.25) is 0 Å². The molecule has 0 saturated heterocycles. The van der Waals surface area contributed by atoms with Crippen LogP contribution in [0, 0.1) is 12.9 Å². The monoisotopic (exact) mass is 127 g/mol. The minimum Gasteiger partial charge on any atom is -0.394 e. The van der Waals surface area contributed by atoms with Gasteiger partial charge in [-0.2, -0.15) is 4.98 Å². The molecule has 0 aliphatic heterocycles. The first kappa shape index (κ1) is 6.01. The van der Waals surface area contributed by atoms with E-state index in [9.17, 15) is 4.39 Å². The van der Waals surface area contributed by atoms with E-state index in [0.29, 0.717) is 11.3 Å². The number of aryl methyl sites for hydroxylation is 1. The average molecular weight is 127 g/mol. The Morgan fingerprint density at radius 3 is 2.78 bits per heavy atom. The predicted octanol–water partition coefficient (Wildman–Crippen LogP) is 0.530. The molecule has 1 aromatic rings. The van der Waals surface area contributed by atoms with Gasteiger partial charge >= 0.3 is 5.95 Å². The van der Waals surface area contributed by atoms with E-state index in [0.717, 1.165) is 0 Å². The number of hydrogen-bond acceptors (Lipinski definition) is 1. The SMILES string of the molecule is Cc1cc(N)c[nH+]c1F. The number of aromatic nitrogens is 1. The second-order valence-electron chi connectivity index (χ2n) is 1.93. The molecule has 0 radical (unpaired) electrons. The summed E-state index contributed by atoms with van der Waals surface area (Å²) in [6.07, 6.45) is 1.42. The van der Waals surface area contributed by atoms with Crippen LogP contribution in [-0.4, -0.2) is 0 Å². The zero-order chi connectivity index (χ0) is 6.85. The first-order chi connectivity index (χ1) is 4.20. The molecule has 48 valence electrons. The highest BCUT2D eigenvalue weighted by Gasteiger charge is 2.02. The molecule has 1 aromatic heterocycles. The molecule has 3 N–H and O–H groups in total. The number of nitrogens with one attached hydrogen (secondary N) is 1. The fourth-order valence-corrected chi connectivity index (χ4v) is 0.616. The summed E-state index contributed by atoms with van der Waals surface area (Å²) in [5, 5.41) is 0. The van der Waals surface area contributed by atoms with Crippen molar-refractivity contribution >= 4 is 5.69 Å². The lowest BCUT2D eigenvalue weighted by Gasteiger charge is -1.88. The van der Waals surface area contributed by atoms with Crippen molar-refractivity contribution in [3.05, 3.63) is 23.8 Å². The van der Waals surface area contributed by atoms with Crippen LogP contribution in [0.25, 0.3) is 0 Å². The minimum atomic E-state index is -0.329. The van der Waals surface area contributed by atoms with Crippen molar-refractivity contribution in [3.8, 4) is 0 Å². The molecule has 1 heterocycles. The number of H-pyrrole nitrogens is 1. The van der Waals surface area contributed by atoms with Gasteiger partial charge in [0.25, 0.3) is 0 Å². The van der Waals surface area contributed by atoms with Crippen LogP contribution in [0.2, 0.25) is 0 Å². The Morgan fingerprint density at radius 1 is 1.67 bits per heavy atom. The number of halogens is 1. The van der Waals surface area contributed by atoms with Gasteiger partial charge < -0.3 is 5.73 Å². The minimum absolute atomic E-state index is 0.329. The highest BCUT2D eigenvalue weighted by atomic mass is 19.1. The zero-order valence-corrected chi connectivity index (χ0v) is 5.11. The van der Waals surface area contributed by atoms with Gasteiger partial charge in [-0.05, 0) is 13.0 Å². The summed E-state index contributed by atoms with van der Waals surface area (Å²) in [5.41, 5.74) is 6.42. The van der Waals surface area contributed by atoms with Crippen LogP contribution in [0.5, 0.6) is 0 Å². The summed E-state index contributed by atoms with van der Waals surface area (Å²) < 4.78 is 12.4. The third kappa shape index (κ3) is 1.16. The third-order valence-electron chi connectivity index (χ3n) is 1.09. The Labute approximate surface area is 52.5 Å². The Hall–Kier alpha value is -1.12. The number of anilines is 1. The molecule has 0 aliphatic rings. The number of pyridine rings is 1. The van der Waals surface area contributed by atoms with Crippen LogP contribution >= 0.6 is 0 Å². The molecule has 0 spiro atoms. The summed E-state index contributed by atoms with van der Waals surface area (Å²) >= 11 is 0. The molecule has 1 rings (SSSR count). The number of nitrogen functional groups attached to an aromatic ring is 1. The van der Waals surface area contributed by atoms with Crippen LogP contribution in [0.1, 0.15) is 5.56 Å². The highest BCUT2D eigenvalue weighted by molar-refractivity contribution is 5.34. The van der Waals surface area contributed by atoms with Crippen molar-refractivity contribution in [3.63, 3.8) is 0 Å². The van der Waals surface area contributed by atoms with Gasteiger partial charge in [0.1, 0.15) is 0 Å². The van der Waals surface area contributed by atoms with Crippen molar-refractivity contribution in [2.24, 2.45) is 0 Å². The molecule has 0 unspecified atom stereocenters. The van der Waals surface area contributed by atoms with Crippen LogP contribution < -0.4 is 10.7 Å². The number of nitrogens with two attached hydrogens (primary N) is 1. The molecular weight excluding hydrogens is 119 g/mol. The molecule has 2 nitrogen and oxygen atoms in total. The first-order valence-electron chi connectivity index (χ1n) is 2.63. The van der Waals surface area contributed by atoms with E-state index in [-0.39, 0.29) is 5.95 Å². The molecule has 0 amide bonds. The molecule has 0 aliphatic carbocycles. The number of aromatic amines is 1. The quantitative estimate of drug-likeness (QED) is 0.507. The Bertz CT molecular complexity index is 222. The molecule has 3 heteroatoms. The predicted molar refractivity (Wildman–Crippen MR) is 32.1 cm³/mol. The van der Waals surface area contributed by atoms with E-state index in [1.807, 2.05) is 0 Å². The third-order valence-corrected chi connectivity index (χ3v) is 1.09. The van der Waals surface area contributed by atoms with Crippen LogP contribution in [0.15, 0.2) is 12.3 Å². The smallest absolute Gasteiger partial charge is 0.360 e. The maximum atomic E-state index is 12.4. The van der Waals surface area contributed by atoms with Crippen molar-refractivity contribution in [2.75, 3.05) is 5.73 Å². The van der Waals surface area contributed by atoms with Crippen molar-refractivity contribution in [1.29, 1.82) is 0 Å². The van der Waals surface area contributed by atoms with Gasteiger partial charge in [0.05, 0.1) is 11.3 Å². The number of rotatable bonds is 0. The second kappa shape index (κ2) is 2.01. The van der Waals surface area contributed by atoms with E-state index in [1.54, 1.807) is 13.0 Å². The molecule has 0 atom stereocenters. The Morgan fingerprint density at radius 2 is 2.33 bits per heavy atom. The second-order valence-corrected chi connectivity index (χ2v) is 1.93.